The molecular weight excluding hydrogens is 332 g/mol. The summed E-state index contributed by atoms with van der Waals surface area (Å²) in [6, 6.07) is 10.7. The smallest absolute Gasteiger partial charge is 0.338 e. The molecule has 0 radical (unpaired) electrons. The molecule has 0 saturated heterocycles. The Morgan fingerprint density at radius 1 is 1.17 bits per heavy atom. The van der Waals surface area contributed by atoms with E-state index in [0.29, 0.717) is 16.3 Å². The van der Waals surface area contributed by atoms with Crippen molar-refractivity contribution in [3.05, 3.63) is 63.2 Å². The first kappa shape index (κ1) is 17.7. The number of carbonyl (C=O) groups excluding carboxylic acids is 1. The van der Waals surface area contributed by atoms with Crippen LogP contribution in [0.3, 0.4) is 0 Å². The molecule has 24 heavy (non-hydrogen) atoms. The van der Waals surface area contributed by atoms with Crippen molar-refractivity contribution in [2.24, 2.45) is 0 Å². The Hall–Kier alpha value is -2.60. The van der Waals surface area contributed by atoms with Crippen LogP contribution < -0.4 is 5.32 Å². The van der Waals surface area contributed by atoms with Gasteiger partial charge in [-0.15, -0.1) is 0 Å². The topological polar surface area (TPSA) is 81.5 Å². The molecule has 0 unspecified atom stereocenters. The molecule has 0 aromatic heterocycles. The van der Waals surface area contributed by atoms with Gasteiger partial charge in [-0.25, -0.2) is 4.79 Å². The molecule has 0 aliphatic heterocycles. The van der Waals surface area contributed by atoms with Crippen LogP contribution >= 0.6 is 11.6 Å². The lowest BCUT2D eigenvalue weighted by Crippen LogP contribution is -2.23. The highest BCUT2D eigenvalue weighted by molar-refractivity contribution is 6.31. The van der Waals surface area contributed by atoms with Crippen molar-refractivity contribution in [1.29, 1.82) is 0 Å². The number of nitro benzene ring substituents is 1. The molecular formula is C17H17ClN2O4. The third-order valence-electron chi connectivity index (χ3n) is 2.95. The van der Waals surface area contributed by atoms with Crippen LogP contribution in [0.2, 0.25) is 5.02 Å². The number of nitrogens with one attached hydrogen (secondary N) is 1. The van der Waals surface area contributed by atoms with E-state index < -0.39 is 16.5 Å². The van der Waals surface area contributed by atoms with Crippen LogP contribution in [0.25, 0.3) is 0 Å². The highest BCUT2D eigenvalue weighted by atomic mass is 35.5. The molecule has 0 aliphatic rings. The van der Waals surface area contributed by atoms with Crippen molar-refractivity contribution >= 4 is 34.6 Å². The fourth-order valence-corrected chi connectivity index (χ4v) is 2.12. The molecule has 2 aromatic carbocycles. The molecule has 0 bridgehead atoms. The molecule has 0 saturated carbocycles. The lowest BCUT2D eigenvalue weighted by Gasteiger charge is -2.19. The van der Waals surface area contributed by atoms with E-state index in [-0.39, 0.29) is 11.4 Å². The van der Waals surface area contributed by atoms with Crippen LogP contribution in [0, 0.1) is 10.1 Å². The molecule has 0 aliphatic carbocycles. The number of hydrogen-bond donors (Lipinski definition) is 1. The second-order valence-corrected chi connectivity index (χ2v) is 6.56. The number of hydrogen-bond acceptors (Lipinski definition) is 5. The zero-order chi connectivity index (χ0) is 17.9. The average molecular weight is 349 g/mol. The predicted molar refractivity (Wildman–Crippen MR) is 93.0 cm³/mol. The molecule has 2 aromatic rings. The highest BCUT2D eigenvalue weighted by Gasteiger charge is 2.18. The Kier molecular flexibility index (Phi) is 5.09. The van der Waals surface area contributed by atoms with E-state index in [1.807, 2.05) is 0 Å². The van der Waals surface area contributed by atoms with E-state index in [1.54, 1.807) is 45.0 Å². The fourth-order valence-electron chi connectivity index (χ4n) is 1.95. The minimum atomic E-state index is -0.574. The molecule has 0 atom stereocenters. The zero-order valence-corrected chi connectivity index (χ0v) is 14.3. The maximum atomic E-state index is 12.0. The van der Waals surface area contributed by atoms with Gasteiger partial charge in [-0.05, 0) is 57.2 Å². The number of anilines is 2. The molecule has 0 fully saturated rings. The third kappa shape index (κ3) is 4.70. The van der Waals surface area contributed by atoms with E-state index in [0.717, 1.165) is 0 Å². The van der Waals surface area contributed by atoms with Crippen molar-refractivity contribution in [3.63, 3.8) is 0 Å². The summed E-state index contributed by atoms with van der Waals surface area (Å²) < 4.78 is 5.28. The summed E-state index contributed by atoms with van der Waals surface area (Å²) in [5.74, 6) is -0.428. The Labute approximate surface area is 144 Å². The van der Waals surface area contributed by atoms with Crippen LogP contribution in [-0.4, -0.2) is 16.5 Å². The van der Waals surface area contributed by atoms with Crippen molar-refractivity contribution in [2.45, 2.75) is 26.4 Å². The van der Waals surface area contributed by atoms with Gasteiger partial charge in [-0.2, -0.15) is 0 Å². The number of carbonyl (C=O) groups is 1. The van der Waals surface area contributed by atoms with Crippen LogP contribution in [0.4, 0.5) is 17.1 Å². The number of nitro groups is 1. The first-order valence-corrected chi connectivity index (χ1v) is 7.58. The third-order valence-corrected chi connectivity index (χ3v) is 3.19. The summed E-state index contributed by atoms with van der Waals surface area (Å²) in [7, 11) is 0. The van der Waals surface area contributed by atoms with E-state index in [4.69, 9.17) is 16.3 Å². The minimum absolute atomic E-state index is 0.0874. The molecule has 0 spiro atoms. The summed E-state index contributed by atoms with van der Waals surface area (Å²) >= 11 is 5.89. The van der Waals surface area contributed by atoms with Gasteiger partial charge in [0.25, 0.3) is 5.69 Å². The molecule has 7 heteroatoms. The van der Waals surface area contributed by atoms with Crippen LogP contribution in [0.15, 0.2) is 42.5 Å². The lowest BCUT2D eigenvalue weighted by molar-refractivity contribution is -0.383. The van der Waals surface area contributed by atoms with Crippen LogP contribution in [-0.2, 0) is 4.74 Å². The number of nitrogens with zero attached hydrogens (tertiary/aromatic N) is 1. The second-order valence-electron chi connectivity index (χ2n) is 6.12. The molecule has 0 amide bonds. The molecule has 2 rings (SSSR count). The summed E-state index contributed by atoms with van der Waals surface area (Å²) in [5.41, 5.74) is 0.604. The highest BCUT2D eigenvalue weighted by Crippen LogP contribution is 2.30. The Bertz CT molecular complexity index is 767. The van der Waals surface area contributed by atoms with E-state index in [2.05, 4.69) is 5.32 Å². The second kappa shape index (κ2) is 6.88. The molecule has 6 nitrogen and oxygen atoms in total. The van der Waals surface area contributed by atoms with Gasteiger partial charge in [-0.3, -0.25) is 10.1 Å². The maximum absolute atomic E-state index is 12.0. The standard InChI is InChI=1S/C17H17ClN2O4/c1-17(2,3)24-16(21)11-4-7-13(8-5-11)19-14-10-12(18)6-9-15(14)20(22)23/h4-10,19H,1-3H3. The molecule has 1 N–H and O–H groups in total. The summed E-state index contributed by atoms with van der Waals surface area (Å²) in [6.45, 7) is 5.37. The Balaban J connectivity index is 2.20. The molecule has 0 heterocycles. The van der Waals surface area contributed by atoms with E-state index in [1.165, 1.54) is 18.2 Å². The number of halogens is 1. The summed E-state index contributed by atoms with van der Waals surface area (Å²) in [4.78, 5) is 22.5. The van der Waals surface area contributed by atoms with Crippen LogP contribution in [0.5, 0.6) is 0 Å². The van der Waals surface area contributed by atoms with Gasteiger partial charge < -0.3 is 10.1 Å². The van der Waals surface area contributed by atoms with Gasteiger partial charge in [0.05, 0.1) is 10.5 Å². The number of ether oxygens (including phenoxy) is 1. The van der Waals surface area contributed by atoms with Crippen LogP contribution in [0.1, 0.15) is 31.1 Å². The predicted octanol–water partition coefficient (Wildman–Crippen LogP) is 4.95. The van der Waals surface area contributed by atoms with Gasteiger partial charge in [0.1, 0.15) is 11.3 Å². The van der Waals surface area contributed by atoms with Gasteiger partial charge in [0.15, 0.2) is 0 Å². The first-order valence-electron chi connectivity index (χ1n) is 7.20. The number of esters is 1. The van der Waals surface area contributed by atoms with Crippen molar-refractivity contribution in [1.82, 2.24) is 0 Å². The largest absolute Gasteiger partial charge is 0.456 e. The van der Waals surface area contributed by atoms with Crippen molar-refractivity contribution < 1.29 is 14.5 Å². The Morgan fingerprint density at radius 2 is 1.79 bits per heavy atom. The van der Waals surface area contributed by atoms with E-state index in [9.17, 15) is 14.9 Å². The number of benzene rings is 2. The van der Waals surface area contributed by atoms with Crippen molar-refractivity contribution in [3.8, 4) is 0 Å². The zero-order valence-electron chi connectivity index (χ0n) is 13.5. The average Bonchev–Trinajstić information content (AvgIpc) is 2.46. The Morgan fingerprint density at radius 3 is 2.33 bits per heavy atom. The maximum Gasteiger partial charge on any atom is 0.338 e. The van der Waals surface area contributed by atoms with Gasteiger partial charge in [-0.1, -0.05) is 11.6 Å². The molecule has 126 valence electrons. The summed E-state index contributed by atoms with van der Waals surface area (Å²) in [5, 5.41) is 14.4. The normalized spacial score (nSPS) is 11.0. The monoisotopic (exact) mass is 348 g/mol. The van der Waals surface area contributed by atoms with E-state index >= 15 is 0 Å². The van der Waals surface area contributed by atoms with Gasteiger partial charge in [0.2, 0.25) is 0 Å². The van der Waals surface area contributed by atoms with Crippen molar-refractivity contribution in [2.75, 3.05) is 5.32 Å². The first-order chi connectivity index (χ1) is 11.2. The van der Waals surface area contributed by atoms with Gasteiger partial charge >= 0.3 is 5.97 Å². The fraction of sp³-hybridized carbons (Fsp3) is 0.235. The summed E-state index contributed by atoms with van der Waals surface area (Å²) in [6.07, 6.45) is 0. The minimum Gasteiger partial charge on any atom is -0.456 e. The van der Waals surface area contributed by atoms with Gasteiger partial charge in [0, 0.05) is 16.8 Å². The number of rotatable bonds is 4. The SMILES string of the molecule is CC(C)(C)OC(=O)c1ccc(Nc2cc(Cl)ccc2[N+](=O)[O-])cc1. The quantitative estimate of drug-likeness (QED) is 0.480. The lowest BCUT2D eigenvalue weighted by atomic mass is 10.1.